The lowest BCUT2D eigenvalue weighted by Gasteiger charge is -2.45. The minimum absolute atomic E-state index is 0.0645. The van der Waals surface area contributed by atoms with Crippen LogP contribution in [0.1, 0.15) is 55.4 Å². The molecule has 2 radical (unpaired) electrons. The molecule has 23 heavy (non-hydrogen) atoms. The molecule has 0 bridgehead atoms. The van der Waals surface area contributed by atoms with Crippen LogP contribution in [0.5, 0.6) is 0 Å². The van der Waals surface area contributed by atoms with Crippen molar-refractivity contribution in [3.05, 3.63) is 0 Å². The summed E-state index contributed by atoms with van der Waals surface area (Å²) in [4.78, 5) is 0. The minimum Gasteiger partial charge on any atom is -0.392 e. The molecule has 0 saturated heterocycles. The first-order valence-corrected chi connectivity index (χ1v) is 13.6. The Balaban J connectivity index is 5.51. The molecule has 0 heterocycles. The minimum atomic E-state index is -0.859. The van der Waals surface area contributed by atoms with Crippen molar-refractivity contribution in [3.63, 3.8) is 0 Å². The lowest BCUT2D eigenvalue weighted by molar-refractivity contribution is -0.271. The van der Waals surface area contributed by atoms with E-state index in [-0.39, 0.29) is 23.4 Å². The van der Waals surface area contributed by atoms with E-state index in [9.17, 15) is 0 Å². The van der Waals surface area contributed by atoms with Gasteiger partial charge in [-0.25, -0.2) is 0 Å². The predicted octanol–water partition coefficient (Wildman–Crippen LogP) is 5.56. The van der Waals surface area contributed by atoms with Gasteiger partial charge >= 0.3 is 0 Å². The summed E-state index contributed by atoms with van der Waals surface area (Å²) in [6, 6.07) is 0. The molecule has 0 spiro atoms. The summed E-state index contributed by atoms with van der Waals surface area (Å²) >= 11 is 0. The van der Waals surface area contributed by atoms with E-state index in [0.717, 1.165) is 0 Å². The summed E-state index contributed by atoms with van der Waals surface area (Å²) in [5, 5.41) is 0. The van der Waals surface area contributed by atoms with Gasteiger partial charge in [0.05, 0.1) is 0 Å². The van der Waals surface area contributed by atoms with E-state index < -0.39 is 18.1 Å². The molecule has 0 aromatic heterocycles. The standard InChI is InChI=1S/C18H40O3Si2/c1-13(2)17(5,6)15(20-22(9)10)19-16(21-23(11)12)18(7,8)14(3)4/h13-16H,1-12H3. The molecule has 2 unspecified atom stereocenters. The third-order valence-corrected chi connectivity index (χ3v) is 6.49. The fraction of sp³-hybridized carbons (Fsp3) is 1.00. The second-order valence-electron chi connectivity index (χ2n) is 8.80. The molecule has 0 fully saturated rings. The van der Waals surface area contributed by atoms with Crippen molar-refractivity contribution >= 4 is 18.1 Å². The van der Waals surface area contributed by atoms with Crippen LogP contribution in [0.3, 0.4) is 0 Å². The average molecular weight is 361 g/mol. The van der Waals surface area contributed by atoms with Crippen molar-refractivity contribution in [3.8, 4) is 0 Å². The maximum Gasteiger partial charge on any atom is 0.208 e. The Morgan fingerprint density at radius 3 is 1.04 bits per heavy atom. The van der Waals surface area contributed by atoms with Gasteiger partial charge in [0.25, 0.3) is 0 Å². The summed E-state index contributed by atoms with van der Waals surface area (Å²) in [6.45, 7) is 26.5. The smallest absolute Gasteiger partial charge is 0.208 e. The highest BCUT2D eigenvalue weighted by Crippen LogP contribution is 2.39. The van der Waals surface area contributed by atoms with Crippen molar-refractivity contribution in [2.24, 2.45) is 22.7 Å². The van der Waals surface area contributed by atoms with Crippen molar-refractivity contribution in [2.75, 3.05) is 0 Å². The van der Waals surface area contributed by atoms with E-state index in [2.05, 4.69) is 81.6 Å². The van der Waals surface area contributed by atoms with Gasteiger partial charge in [-0.1, -0.05) is 55.4 Å². The quantitative estimate of drug-likeness (QED) is 0.377. The van der Waals surface area contributed by atoms with Gasteiger partial charge in [0, 0.05) is 10.8 Å². The zero-order chi connectivity index (χ0) is 18.6. The molecule has 3 nitrogen and oxygen atoms in total. The predicted molar refractivity (Wildman–Crippen MR) is 103 cm³/mol. The number of rotatable bonds is 10. The molecule has 0 amide bonds. The first-order valence-electron chi connectivity index (χ1n) is 8.82. The third kappa shape index (κ3) is 6.98. The molecule has 0 saturated carbocycles. The molecule has 0 rings (SSSR count). The van der Waals surface area contributed by atoms with E-state index in [1.54, 1.807) is 0 Å². The third-order valence-electron chi connectivity index (χ3n) is 5.12. The lowest BCUT2D eigenvalue weighted by Crippen LogP contribution is -2.49. The van der Waals surface area contributed by atoms with Gasteiger partial charge in [-0.2, -0.15) is 0 Å². The molecule has 0 aliphatic heterocycles. The molecule has 0 aliphatic carbocycles. The van der Waals surface area contributed by atoms with Crippen LogP contribution in [0, 0.1) is 22.7 Å². The van der Waals surface area contributed by atoms with Crippen LogP contribution in [0.2, 0.25) is 26.2 Å². The van der Waals surface area contributed by atoms with E-state index in [1.807, 2.05) is 0 Å². The van der Waals surface area contributed by atoms with Crippen molar-refractivity contribution in [1.82, 2.24) is 0 Å². The number of ether oxygens (including phenoxy) is 1. The second-order valence-corrected chi connectivity index (χ2v) is 12.9. The van der Waals surface area contributed by atoms with Crippen LogP contribution >= 0.6 is 0 Å². The van der Waals surface area contributed by atoms with Gasteiger partial charge in [-0.05, 0) is 38.0 Å². The van der Waals surface area contributed by atoms with E-state index in [1.165, 1.54) is 0 Å². The van der Waals surface area contributed by atoms with Crippen LogP contribution < -0.4 is 0 Å². The lowest BCUT2D eigenvalue weighted by atomic mass is 9.79. The highest BCUT2D eigenvalue weighted by molar-refractivity contribution is 6.48. The molecule has 2 atom stereocenters. The van der Waals surface area contributed by atoms with Crippen molar-refractivity contribution < 1.29 is 13.6 Å². The Bertz CT molecular complexity index is 307. The molecule has 0 aromatic rings. The Morgan fingerprint density at radius 2 is 0.870 bits per heavy atom. The number of hydrogen-bond acceptors (Lipinski definition) is 3. The van der Waals surface area contributed by atoms with Crippen LogP contribution in [0.25, 0.3) is 0 Å². The first-order chi connectivity index (χ1) is 10.2. The van der Waals surface area contributed by atoms with Crippen LogP contribution in [0.15, 0.2) is 0 Å². The highest BCUT2D eigenvalue weighted by Gasteiger charge is 2.42. The Kier molecular flexibility index (Phi) is 9.26. The first kappa shape index (κ1) is 23.3. The molecular weight excluding hydrogens is 320 g/mol. The Hall–Kier alpha value is 0.314. The summed E-state index contributed by atoms with van der Waals surface area (Å²) < 4.78 is 19.1. The summed E-state index contributed by atoms with van der Waals surface area (Å²) in [5.41, 5.74) is -0.129. The van der Waals surface area contributed by atoms with Crippen LogP contribution in [-0.2, 0) is 13.6 Å². The van der Waals surface area contributed by atoms with Gasteiger partial charge in [0.15, 0.2) is 12.6 Å². The molecule has 0 aliphatic rings. The molecule has 0 N–H and O–H groups in total. The van der Waals surface area contributed by atoms with Gasteiger partial charge in [-0.3, -0.25) is 0 Å². The topological polar surface area (TPSA) is 27.7 Å². The van der Waals surface area contributed by atoms with Gasteiger partial charge in [0.2, 0.25) is 18.1 Å². The number of hydrogen-bond donors (Lipinski definition) is 0. The van der Waals surface area contributed by atoms with Gasteiger partial charge < -0.3 is 13.6 Å². The van der Waals surface area contributed by atoms with E-state index in [4.69, 9.17) is 13.6 Å². The molecule has 5 heteroatoms. The SMILES string of the molecule is CC(C)C(C)(C)C(OC(O[Si](C)C)C(C)(C)C(C)C)O[Si](C)C. The Morgan fingerprint density at radius 1 is 0.609 bits per heavy atom. The van der Waals surface area contributed by atoms with Crippen molar-refractivity contribution in [2.45, 2.75) is 94.2 Å². The summed E-state index contributed by atoms with van der Waals surface area (Å²) in [6.07, 6.45) is -0.480. The monoisotopic (exact) mass is 360 g/mol. The largest absolute Gasteiger partial charge is 0.392 e. The fourth-order valence-corrected chi connectivity index (χ4v) is 3.37. The fourth-order valence-electron chi connectivity index (χ4n) is 1.79. The zero-order valence-corrected chi connectivity index (χ0v) is 19.5. The van der Waals surface area contributed by atoms with Crippen molar-refractivity contribution in [1.29, 1.82) is 0 Å². The second kappa shape index (κ2) is 9.13. The maximum atomic E-state index is 6.53. The van der Waals surface area contributed by atoms with Gasteiger partial charge in [-0.15, -0.1) is 0 Å². The summed E-state index contributed by atoms with van der Waals surface area (Å²) in [7, 11) is -1.72. The molecule has 138 valence electrons. The molecule has 0 aromatic carbocycles. The zero-order valence-electron chi connectivity index (χ0n) is 17.5. The highest BCUT2D eigenvalue weighted by atomic mass is 28.3. The van der Waals surface area contributed by atoms with E-state index in [0.29, 0.717) is 11.8 Å². The van der Waals surface area contributed by atoms with Crippen LogP contribution in [-0.4, -0.2) is 30.7 Å². The Labute approximate surface area is 148 Å². The normalized spacial score (nSPS) is 16.7. The van der Waals surface area contributed by atoms with Crippen LogP contribution in [0.4, 0.5) is 0 Å². The summed E-state index contributed by atoms with van der Waals surface area (Å²) in [5.74, 6) is 0.925. The molecular formula is C18H40O3Si2. The van der Waals surface area contributed by atoms with Gasteiger partial charge in [0.1, 0.15) is 0 Å². The van der Waals surface area contributed by atoms with E-state index >= 15 is 0 Å². The average Bonchev–Trinajstić information content (AvgIpc) is 2.35. The maximum absolute atomic E-state index is 6.53.